The fraction of sp³-hybridized carbons (Fsp3) is 0.900. The molecule has 2 unspecified atom stereocenters. The van der Waals surface area contributed by atoms with Crippen molar-refractivity contribution in [3.63, 3.8) is 0 Å². The van der Waals surface area contributed by atoms with Gasteiger partial charge in [0.25, 0.3) is 0 Å². The van der Waals surface area contributed by atoms with Gasteiger partial charge in [-0.15, -0.1) is 0 Å². The number of rotatable bonds is 3. The van der Waals surface area contributed by atoms with Crippen molar-refractivity contribution in [2.75, 3.05) is 6.54 Å². The number of aliphatic hydroxyl groups excluding tert-OH is 1. The van der Waals surface area contributed by atoms with Crippen LogP contribution in [-0.4, -0.2) is 40.8 Å². The zero-order chi connectivity index (χ0) is 10.7. The summed E-state index contributed by atoms with van der Waals surface area (Å²) < 4.78 is 0. The molecule has 4 heteroatoms. The molecule has 0 saturated carbocycles. The Morgan fingerprint density at radius 2 is 2.14 bits per heavy atom. The van der Waals surface area contributed by atoms with Gasteiger partial charge in [-0.05, 0) is 33.6 Å². The Kier molecular flexibility index (Phi) is 3.89. The van der Waals surface area contributed by atoms with Crippen molar-refractivity contribution in [2.24, 2.45) is 0 Å². The topological polar surface area (TPSA) is 52.6 Å². The average Bonchev–Trinajstić information content (AvgIpc) is 2.49. The standard InChI is InChI=1S/C10H20N2O2/c1-7(2)11-10(14)9-5-4-6-12(9)8(3)13/h7-9,13H,4-6H2,1-3H3,(H,11,14). The molecule has 2 N–H and O–H groups in total. The third kappa shape index (κ3) is 2.69. The number of amides is 1. The van der Waals surface area contributed by atoms with Gasteiger partial charge in [-0.1, -0.05) is 0 Å². The van der Waals surface area contributed by atoms with Gasteiger partial charge in [-0.2, -0.15) is 0 Å². The Bertz CT molecular complexity index is 204. The summed E-state index contributed by atoms with van der Waals surface area (Å²) in [6.07, 6.45) is 1.31. The van der Waals surface area contributed by atoms with Crippen LogP contribution in [0.4, 0.5) is 0 Å². The maximum atomic E-state index is 11.7. The van der Waals surface area contributed by atoms with Crippen molar-refractivity contribution in [3.05, 3.63) is 0 Å². The number of hydrogen-bond acceptors (Lipinski definition) is 3. The van der Waals surface area contributed by atoms with Gasteiger partial charge in [0.15, 0.2) is 0 Å². The lowest BCUT2D eigenvalue weighted by Gasteiger charge is -2.26. The molecule has 1 heterocycles. The summed E-state index contributed by atoms with van der Waals surface area (Å²) in [5.41, 5.74) is 0. The summed E-state index contributed by atoms with van der Waals surface area (Å²) >= 11 is 0. The van der Waals surface area contributed by atoms with Crippen LogP contribution in [0.3, 0.4) is 0 Å². The predicted molar refractivity (Wildman–Crippen MR) is 54.7 cm³/mol. The number of nitrogens with one attached hydrogen (secondary N) is 1. The molecule has 0 aromatic carbocycles. The monoisotopic (exact) mass is 200 g/mol. The van der Waals surface area contributed by atoms with Crippen molar-refractivity contribution in [2.45, 2.75) is 51.9 Å². The molecule has 0 aliphatic carbocycles. The van der Waals surface area contributed by atoms with Crippen LogP contribution in [0.15, 0.2) is 0 Å². The summed E-state index contributed by atoms with van der Waals surface area (Å²) in [6.45, 7) is 6.41. The third-order valence-electron chi connectivity index (χ3n) is 2.51. The number of aliphatic hydroxyl groups is 1. The molecule has 0 radical (unpaired) electrons. The van der Waals surface area contributed by atoms with E-state index in [1.807, 2.05) is 18.7 Å². The zero-order valence-corrected chi connectivity index (χ0v) is 9.16. The van der Waals surface area contributed by atoms with Crippen molar-refractivity contribution in [3.8, 4) is 0 Å². The summed E-state index contributed by atoms with van der Waals surface area (Å²) in [7, 11) is 0. The van der Waals surface area contributed by atoms with E-state index in [0.717, 1.165) is 19.4 Å². The minimum Gasteiger partial charge on any atom is -0.379 e. The average molecular weight is 200 g/mol. The second-order valence-corrected chi connectivity index (χ2v) is 4.19. The number of carbonyl (C=O) groups is 1. The molecule has 2 atom stereocenters. The van der Waals surface area contributed by atoms with Gasteiger partial charge in [-0.3, -0.25) is 9.69 Å². The molecule has 1 aliphatic rings. The number of carbonyl (C=O) groups excluding carboxylic acids is 1. The van der Waals surface area contributed by atoms with E-state index in [1.165, 1.54) is 0 Å². The Morgan fingerprint density at radius 1 is 1.50 bits per heavy atom. The van der Waals surface area contributed by atoms with Crippen molar-refractivity contribution < 1.29 is 9.90 Å². The van der Waals surface area contributed by atoms with E-state index in [0.29, 0.717) is 0 Å². The van der Waals surface area contributed by atoms with Crippen LogP contribution in [-0.2, 0) is 4.79 Å². The van der Waals surface area contributed by atoms with Gasteiger partial charge in [-0.25, -0.2) is 0 Å². The van der Waals surface area contributed by atoms with Crippen LogP contribution in [0, 0.1) is 0 Å². The number of hydrogen-bond donors (Lipinski definition) is 2. The van der Waals surface area contributed by atoms with E-state index in [2.05, 4.69) is 5.32 Å². The highest BCUT2D eigenvalue weighted by atomic mass is 16.3. The smallest absolute Gasteiger partial charge is 0.237 e. The fourth-order valence-electron chi connectivity index (χ4n) is 1.90. The van der Waals surface area contributed by atoms with Gasteiger partial charge in [0.05, 0.1) is 6.04 Å². The lowest BCUT2D eigenvalue weighted by atomic mass is 10.2. The first kappa shape index (κ1) is 11.5. The van der Waals surface area contributed by atoms with E-state index < -0.39 is 6.23 Å². The van der Waals surface area contributed by atoms with Crippen LogP contribution in [0.25, 0.3) is 0 Å². The van der Waals surface area contributed by atoms with Gasteiger partial charge < -0.3 is 10.4 Å². The second kappa shape index (κ2) is 4.75. The second-order valence-electron chi connectivity index (χ2n) is 4.19. The Labute approximate surface area is 85.3 Å². The summed E-state index contributed by atoms with van der Waals surface area (Å²) in [5, 5.41) is 12.3. The molecule has 82 valence electrons. The molecule has 1 rings (SSSR count). The normalized spacial score (nSPS) is 25.4. The molecule has 1 amide bonds. The summed E-state index contributed by atoms with van der Waals surface area (Å²) in [5.74, 6) is 0.0402. The largest absolute Gasteiger partial charge is 0.379 e. The van der Waals surface area contributed by atoms with Gasteiger partial charge in [0.2, 0.25) is 5.91 Å². The maximum absolute atomic E-state index is 11.7. The SMILES string of the molecule is CC(C)NC(=O)C1CCCN1C(C)O. The first-order valence-electron chi connectivity index (χ1n) is 5.26. The highest BCUT2D eigenvalue weighted by molar-refractivity contribution is 5.82. The molecule has 0 aromatic rings. The van der Waals surface area contributed by atoms with Gasteiger partial charge >= 0.3 is 0 Å². The minimum atomic E-state index is -0.527. The Balaban J connectivity index is 2.53. The zero-order valence-electron chi connectivity index (χ0n) is 9.16. The van der Waals surface area contributed by atoms with E-state index >= 15 is 0 Å². The third-order valence-corrected chi connectivity index (χ3v) is 2.51. The molecule has 4 nitrogen and oxygen atoms in total. The summed E-state index contributed by atoms with van der Waals surface area (Å²) in [4.78, 5) is 13.6. The summed E-state index contributed by atoms with van der Waals surface area (Å²) in [6, 6.07) is 0.0244. The Morgan fingerprint density at radius 3 is 2.64 bits per heavy atom. The van der Waals surface area contributed by atoms with E-state index in [-0.39, 0.29) is 18.0 Å². The predicted octanol–water partition coefficient (Wildman–Crippen LogP) is 0.314. The van der Waals surface area contributed by atoms with Crippen LogP contribution in [0.2, 0.25) is 0 Å². The van der Waals surface area contributed by atoms with Crippen molar-refractivity contribution >= 4 is 5.91 Å². The van der Waals surface area contributed by atoms with E-state index in [1.54, 1.807) is 6.92 Å². The minimum absolute atomic E-state index is 0.0402. The molecule has 0 bridgehead atoms. The molecular weight excluding hydrogens is 180 g/mol. The first-order chi connectivity index (χ1) is 6.52. The quantitative estimate of drug-likeness (QED) is 0.689. The maximum Gasteiger partial charge on any atom is 0.237 e. The first-order valence-corrected chi connectivity index (χ1v) is 5.26. The van der Waals surface area contributed by atoms with Crippen LogP contribution in [0.5, 0.6) is 0 Å². The lowest BCUT2D eigenvalue weighted by molar-refractivity contribution is -0.129. The Hall–Kier alpha value is -0.610. The number of likely N-dealkylation sites (tertiary alicyclic amines) is 1. The van der Waals surface area contributed by atoms with Crippen LogP contribution in [0.1, 0.15) is 33.6 Å². The molecule has 1 fully saturated rings. The van der Waals surface area contributed by atoms with Crippen molar-refractivity contribution in [1.82, 2.24) is 10.2 Å². The molecule has 14 heavy (non-hydrogen) atoms. The molecule has 0 aromatic heterocycles. The van der Waals surface area contributed by atoms with Gasteiger partial charge in [0, 0.05) is 12.6 Å². The lowest BCUT2D eigenvalue weighted by Crippen LogP contribution is -2.48. The van der Waals surface area contributed by atoms with E-state index in [4.69, 9.17) is 0 Å². The fourth-order valence-corrected chi connectivity index (χ4v) is 1.90. The highest BCUT2D eigenvalue weighted by Gasteiger charge is 2.32. The van der Waals surface area contributed by atoms with E-state index in [9.17, 15) is 9.90 Å². The number of nitrogens with zero attached hydrogens (tertiary/aromatic N) is 1. The van der Waals surface area contributed by atoms with Gasteiger partial charge in [0.1, 0.15) is 6.23 Å². The van der Waals surface area contributed by atoms with Crippen LogP contribution >= 0.6 is 0 Å². The van der Waals surface area contributed by atoms with Crippen LogP contribution < -0.4 is 5.32 Å². The highest BCUT2D eigenvalue weighted by Crippen LogP contribution is 2.19. The molecule has 1 saturated heterocycles. The van der Waals surface area contributed by atoms with Crippen molar-refractivity contribution in [1.29, 1.82) is 0 Å². The molecular formula is C10H20N2O2. The molecule has 0 spiro atoms. The molecule has 1 aliphatic heterocycles.